The molecule has 1 aliphatic rings. The molecule has 1 aromatic carbocycles. The lowest BCUT2D eigenvalue weighted by atomic mass is 9.82. The fourth-order valence-corrected chi connectivity index (χ4v) is 3.68. The Labute approximate surface area is 199 Å². The van der Waals surface area contributed by atoms with Crippen molar-refractivity contribution in [2.75, 3.05) is 6.54 Å². The Morgan fingerprint density at radius 2 is 1.71 bits per heavy atom. The van der Waals surface area contributed by atoms with E-state index in [2.05, 4.69) is 20.2 Å². The third-order valence-electron chi connectivity index (χ3n) is 5.53. The van der Waals surface area contributed by atoms with Crippen LogP contribution in [0.15, 0.2) is 41.5 Å². The maximum absolute atomic E-state index is 12.4. The molecule has 3 N–H and O–H groups in total. The van der Waals surface area contributed by atoms with Crippen LogP contribution < -0.4 is 10.2 Å². The number of nitrogens with zero attached hydrogens (tertiary/aromatic N) is 4. The summed E-state index contributed by atoms with van der Waals surface area (Å²) < 4.78 is 10.4. The minimum atomic E-state index is -1.28. The summed E-state index contributed by atoms with van der Waals surface area (Å²) in [4.78, 5) is 43.8. The molecule has 1 fully saturated rings. The number of nitrogens with one attached hydrogen (secondary N) is 1. The molecule has 0 bridgehead atoms. The highest BCUT2D eigenvalue weighted by Crippen LogP contribution is 2.29. The van der Waals surface area contributed by atoms with Crippen LogP contribution in [0, 0.1) is 11.8 Å². The largest absolute Gasteiger partial charge is 0.537 e. The predicted molar refractivity (Wildman–Crippen MR) is 119 cm³/mol. The molecule has 3 rings (SSSR count). The van der Waals surface area contributed by atoms with Gasteiger partial charge in [0.25, 0.3) is 5.91 Å². The van der Waals surface area contributed by atoms with Crippen molar-refractivity contribution in [2.24, 2.45) is 17.0 Å². The summed E-state index contributed by atoms with van der Waals surface area (Å²) in [6.45, 7) is 1.80. The molecule has 2 aromatic rings. The van der Waals surface area contributed by atoms with Gasteiger partial charge in [0.15, 0.2) is 0 Å². The Morgan fingerprint density at radius 3 is 2.31 bits per heavy atom. The lowest BCUT2D eigenvalue weighted by Crippen LogP contribution is -2.34. The zero-order chi connectivity index (χ0) is 25.4. The minimum absolute atomic E-state index is 0.205. The number of ether oxygens (including phenoxy) is 2. The van der Waals surface area contributed by atoms with Crippen LogP contribution in [0.5, 0.6) is 11.8 Å². The number of esters is 1. The Bertz CT molecular complexity index is 1080. The molecule has 35 heavy (non-hydrogen) atoms. The van der Waals surface area contributed by atoms with Gasteiger partial charge in [-0.3, -0.25) is 14.4 Å². The molecule has 1 aromatic heterocycles. The van der Waals surface area contributed by atoms with Crippen LogP contribution in [-0.4, -0.2) is 45.8 Å². The maximum Gasteiger partial charge on any atom is 0.537 e. The summed E-state index contributed by atoms with van der Waals surface area (Å²) in [6.07, 6.45) is 0.0139. The van der Waals surface area contributed by atoms with Crippen LogP contribution >= 0.6 is 0 Å². The SMILES string of the molecule is CC(OC(=O)On1c(O)ccc1O)OC(=O)C1CCC(CNC(=O)c2ccc(N=[N+]=[N-])cc2)CC1. The molecule has 1 aliphatic carbocycles. The van der Waals surface area contributed by atoms with Gasteiger partial charge < -0.3 is 25.0 Å². The summed E-state index contributed by atoms with van der Waals surface area (Å²) in [5.41, 5.74) is 9.30. The molecule has 1 unspecified atom stereocenters. The molecule has 186 valence electrons. The Kier molecular flexibility index (Phi) is 8.41. The lowest BCUT2D eigenvalue weighted by Gasteiger charge is -2.28. The van der Waals surface area contributed by atoms with Gasteiger partial charge in [-0.25, -0.2) is 4.79 Å². The number of aromatic hydroxyl groups is 2. The molecule has 13 heteroatoms. The number of carbonyl (C=O) groups is 3. The van der Waals surface area contributed by atoms with Crippen molar-refractivity contribution in [3.63, 3.8) is 0 Å². The average molecular weight is 487 g/mol. The van der Waals surface area contributed by atoms with Crippen molar-refractivity contribution < 1.29 is 38.9 Å². The second-order valence-electron chi connectivity index (χ2n) is 7.97. The van der Waals surface area contributed by atoms with Gasteiger partial charge in [-0.05, 0) is 49.3 Å². The van der Waals surface area contributed by atoms with E-state index in [0.29, 0.717) is 48.2 Å². The van der Waals surface area contributed by atoms with Crippen LogP contribution in [0.3, 0.4) is 0 Å². The lowest BCUT2D eigenvalue weighted by molar-refractivity contribution is -0.174. The number of rotatable bonds is 8. The fraction of sp³-hybridized carbons (Fsp3) is 0.409. The second kappa shape index (κ2) is 11.7. The van der Waals surface area contributed by atoms with Crippen LogP contribution in [0.25, 0.3) is 10.4 Å². The van der Waals surface area contributed by atoms with Gasteiger partial charge >= 0.3 is 12.1 Å². The third kappa shape index (κ3) is 7.05. The van der Waals surface area contributed by atoms with Crippen molar-refractivity contribution in [3.05, 3.63) is 52.4 Å². The quantitative estimate of drug-likeness (QED) is 0.166. The molecule has 0 saturated heterocycles. The molecule has 1 amide bonds. The number of azide groups is 1. The molecule has 1 heterocycles. The van der Waals surface area contributed by atoms with Crippen molar-refractivity contribution in [1.82, 2.24) is 10.0 Å². The van der Waals surface area contributed by atoms with Crippen molar-refractivity contribution in [2.45, 2.75) is 38.9 Å². The van der Waals surface area contributed by atoms with Crippen LogP contribution in [-0.2, 0) is 14.3 Å². The molecule has 1 atom stereocenters. The highest BCUT2D eigenvalue weighted by Gasteiger charge is 2.29. The zero-order valence-electron chi connectivity index (χ0n) is 18.9. The van der Waals surface area contributed by atoms with Crippen molar-refractivity contribution >= 4 is 23.7 Å². The fourth-order valence-electron chi connectivity index (χ4n) is 3.68. The van der Waals surface area contributed by atoms with Gasteiger partial charge in [-0.2, -0.15) is 0 Å². The van der Waals surface area contributed by atoms with E-state index < -0.39 is 30.2 Å². The van der Waals surface area contributed by atoms with E-state index in [0.717, 1.165) is 12.1 Å². The first-order chi connectivity index (χ1) is 16.8. The van der Waals surface area contributed by atoms with E-state index in [9.17, 15) is 24.6 Å². The molecule has 0 spiro atoms. The highest BCUT2D eigenvalue weighted by molar-refractivity contribution is 5.94. The molecule has 13 nitrogen and oxygen atoms in total. The Balaban J connectivity index is 1.37. The number of hydrogen-bond donors (Lipinski definition) is 3. The standard InChI is InChI=1S/C22H25N5O8/c1-13(34-22(32)35-27-18(28)10-11-19(27)29)33-21(31)16-4-2-14(3-5-16)12-24-20(30)15-6-8-17(9-7-15)25-26-23/h6-11,13-14,16,28-29H,2-5,12H2,1H3,(H,24,30). The highest BCUT2D eigenvalue weighted by atomic mass is 16.9. The van der Waals surface area contributed by atoms with Crippen molar-refractivity contribution in [1.29, 1.82) is 0 Å². The van der Waals surface area contributed by atoms with E-state index in [1.54, 1.807) is 24.3 Å². The molecule has 1 saturated carbocycles. The number of benzene rings is 1. The molecule has 0 radical (unpaired) electrons. The summed E-state index contributed by atoms with van der Waals surface area (Å²) >= 11 is 0. The molecule has 0 aliphatic heterocycles. The van der Waals surface area contributed by atoms with Crippen LogP contribution in [0.2, 0.25) is 0 Å². The smallest absolute Gasteiger partial charge is 0.492 e. The van der Waals surface area contributed by atoms with E-state index in [1.807, 2.05) is 0 Å². The first kappa shape index (κ1) is 25.2. The summed E-state index contributed by atoms with van der Waals surface area (Å²) in [6, 6.07) is 8.50. The number of hydrogen-bond acceptors (Lipinski definition) is 9. The number of aromatic nitrogens is 1. The predicted octanol–water partition coefficient (Wildman–Crippen LogP) is 3.53. The van der Waals surface area contributed by atoms with Crippen LogP contribution in [0.4, 0.5) is 10.5 Å². The monoisotopic (exact) mass is 487 g/mol. The van der Waals surface area contributed by atoms with E-state index in [1.165, 1.54) is 6.92 Å². The first-order valence-electron chi connectivity index (χ1n) is 10.9. The van der Waals surface area contributed by atoms with Crippen molar-refractivity contribution in [3.8, 4) is 11.8 Å². The van der Waals surface area contributed by atoms with Gasteiger partial charge in [-0.15, -0.1) is 4.73 Å². The van der Waals surface area contributed by atoms with E-state index in [4.69, 9.17) is 15.0 Å². The summed E-state index contributed by atoms with van der Waals surface area (Å²) in [5.74, 6) is -1.94. The van der Waals surface area contributed by atoms with Gasteiger partial charge in [-0.1, -0.05) is 17.2 Å². The van der Waals surface area contributed by atoms with Gasteiger partial charge in [0.05, 0.1) is 5.92 Å². The minimum Gasteiger partial charge on any atom is -0.492 e. The average Bonchev–Trinajstić information content (AvgIpc) is 3.15. The number of amides is 1. The van der Waals surface area contributed by atoms with E-state index in [-0.39, 0.29) is 17.7 Å². The third-order valence-corrected chi connectivity index (χ3v) is 5.53. The van der Waals surface area contributed by atoms with Gasteiger partial charge in [0.2, 0.25) is 18.1 Å². The molecular formula is C22H25N5O8. The summed E-state index contributed by atoms with van der Waals surface area (Å²) in [7, 11) is 0. The maximum atomic E-state index is 12.4. The summed E-state index contributed by atoms with van der Waals surface area (Å²) in [5, 5.41) is 25.2. The normalized spacial score (nSPS) is 18.0. The zero-order valence-corrected chi connectivity index (χ0v) is 18.9. The van der Waals surface area contributed by atoms with Gasteiger partial charge in [0, 0.05) is 41.8 Å². The first-order valence-corrected chi connectivity index (χ1v) is 10.9. The topological polar surface area (TPSA) is 185 Å². The Hall–Kier alpha value is -4.38. The second-order valence-corrected chi connectivity index (χ2v) is 7.97. The van der Waals surface area contributed by atoms with Gasteiger partial charge in [0.1, 0.15) is 0 Å². The number of carbonyl (C=O) groups excluding carboxylic acids is 3. The molecular weight excluding hydrogens is 462 g/mol. The van der Waals surface area contributed by atoms with Crippen LogP contribution in [0.1, 0.15) is 43.0 Å². The van der Waals surface area contributed by atoms with E-state index >= 15 is 0 Å². The Morgan fingerprint density at radius 1 is 1.09 bits per heavy atom.